The van der Waals surface area contributed by atoms with Gasteiger partial charge in [-0.05, 0) is 26.0 Å². The van der Waals surface area contributed by atoms with Crippen molar-refractivity contribution in [3.05, 3.63) is 29.8 Å². The van der Waals surface area contributed by atoms with Crippen LogP contribution in [0.3, 0.4) is 0 Å². The number of rotatable bonds is 4. The zero-order valence-corrected chi connectivity index (χ0v) is 11.0. The minimum atomic E-state index is -5.20. The molecule has 0 bridgehead atoms. The molecule has 3 nitrogen and oxygen atoms in total. The Labute approximate surface area is 108 Å². The van der Waals surface area contributed by atoms with E-state index >= 15 is 0 Å². The van der Waals surface area contributed by atoms with Gasteiger partial charge in [0.05, 0.1) is 4.90 Å². The summed E-state index contributed by atoms with van der Waals surface area (Å²) in [7, 11) is -4.41. The average Bonchev–Trinajstić information content (AvgIpc) is 2.26. The summed E-state index contributed by atoms with van der Waals surface area (Å²) < 4.78 is 77.1. The van der Waals surface area contributed by atoms with Crippen molar-refractivity contribution < 1.29 is 30.2 Å². The van der Waals surface area contributed by atoms with Gasteiger partial charge in [0.15, 0.2) is 0 Å². The Hall–Kier alpha value is -1.15. The highest BCUT2D eigenvalue weighted by atomic mass is 32.2. The maximum atomic E-state index is 13.2. The minimum absolute atomic E-state index is 0.220. The van der Waals surface area contributed by atoms with E-state index in [1.165, 1.54) is 24.3 Å². The monoisotopic (exact) mass is 300 g/mol. The van der Waals surface area contributed by atoms with E-state index < -0.39 is 28.6 Å². The standard InChI is InChI=1S/C11H12F4O3S/c1-8-3-5-9(6-4-8)19(16,17)18-7-10(2,12)11(13,14)15/h3-6H,7H2,1-2H3. The molecule has 0 saturated carbocycles. The molecule has 0 fully saturated rings. The van der Waals surface area contributed by atoms with Gasteiger partial charge in [-0.1, -0.05) is 17.7 Å². The first-order chi connectivity index (χ1) is 8.46. The number of halogens is 4. The molecule has 0 aliphatic carbocycles. The fourth-order valence-electron chi connectivity index (χ4n) is 1.04. The largest absolute Gasteiger partial charge is 0.424 e. The molecule has 8 heteroatoms. The van der Waals surface area contributed by atoms with Crippen LogP contribution in [0, 0.1) is 6.92 Å². The van der Waals surface area contributed by atoms with Gasteiger partial charge < -0.3 is 0 Å². The second-order valence-corrected chi connectivity index (χ2v) is 5.84. The lowest BCUT2D eigenvalue weighted by atomic mass is 10.1. The Balaban J connectivity index is 2.85. The van der Waals surface area contributed by atoms with Crippen LogP contribution in [-0.4, -0.2) is 26.9 Å². The van der Waals surface area contributed by atoms with Crippen LogP contribution in [-0.2, 0) is 14.3 Å². The van der Waals surface area contributed by atoms with Gasteiger partial charge >= 0.3 is 6.18 Å². The van der Waals surface area contributed by atoms with E-state index in [-0.39, 0.29) is 11.8 Å². The molecule has 0 spiro atoms. The Kier molecular flexibility index (Phi) is 4.26. The van der Waals surface area contributed by atoms with Gasteiger partial charge in [-0.25, -0.2) is 4.39 Å². The maximum Gasteiger partial charge on any atom is 0.424 e. The highest BCUT2D eigenvalue weighted by Gasteiger charge is 2.53. The van der Waals surface area contributed by atoms with Crippen molar-refractivity contribution in [1.82, 2.24) is 0 Å². The van der Waals surface area contributed by atoms with Crippen LogP contribution in [0.15, 0.2) is 29.2 Å². The highest BCUT2D eigenvalue weighted by molar-refractivity contribution is 7.86. The molecule has 0 aromatic heterocycles. The van der Waals surface area contributed by atoms with Crippen molar-refractivity contribution >= 4 is 10.1 Å². The van der Waals surface area contributed by atoms with Gasteiger partial charge in [0.1, 0.15) is 6.61 Å². The van der Waals surface area contributed by atoms with Crippen molar-refractivity contribution in [2.75, 3.05) is 6.61 Å². The lowest BCUT2D eigenvalue weighted by molar-refractivity contribution is -0.231. The third-order valence-electron chi connectivity index (χ3n) is 2.39. The van der Waals surface area contributed by atoms with E-state index in [1.54, 1.807) is 6.92 Å². The smallest absolute Gasteiger partial charge is 0.263 e. The van der Waals surface area contributed by atoms with Gasteiger partial charge in [-0.3, -0.25) is 4.18 Å². The van der Waals surface area contributed by atoms with Crippen LogP contribution in [0.25, 0.3) is 0 Å². The van der Waals surface area contributed by atoms with Crippen LogP contribution >= 0.6 is 0 Å². The van der Waals surface area contributed by atoms with Gasteiger partial charge in [-0.15, -0.1) is 0 Å². The predicted molar refractivity (Wildman–Crippen MR) is 59.9 cm³/mol. The summed E-state index contributed by atoms with van der Waals surface area (Å²) in [6.07, 6.45) is -5.20. The van der Waals surface area contributed by atoms with E-state index in [0.29, 0.717) is 0 Å². The molecule has 1 unspecified atom stereocenters. The molecule has 0 N–H and O–H groups in total. The molecule has 0 amide bonds. The van der Waals surface area contributed by atoms with Crippen LogP contribution in [0.2, 0.25) is 0 Å². The van der Waals surface area contributed by atoms with Crippen molar-refractivity contribution in [2.24, 2.45) is 0 Å². The minimum Gasteiger partial charge on any atom is -0.263 e. The topological polar surface area (TPSA) is 43.4 Å². The second kappa shape index (κ2) is 5.09. The fourth-order valence-corrected chi connectivity index (χ4v) is 2.03. The molecular formula is C11H12F4O3S. The summed E-state index contributed by atoms with van der Waals surface area (Å²) in [5.74, 6) is 0. The van der Waals surface area contributed by atoms with Gasteiger partial charge in [-0.2, -0.15) is 21.6 Å². The molecule has 1 aromatic carbocycles. The summed E-state index contributed by atoms with van der Waals surface area (Å²) in [4.78, 5) is -0.323. The third kappa shape index (κ3) is 3.90. The summed E-state index contributed by atoms with van der Waals surface area (Å²) in [6.45, 7) is 0.309. The Morgan fingerprint density at radius 2 is 1.58 bits per heavy atom. The molecule has 0 radical (unpaired) electrons. The van der Waals surface area contributed by atoms with Crippen LogP contribution in [0.4, 0.5) is 17.6 Å². The Bertz CT molecular complexity index is 532. The highest BCUT2D eigenvalue weighted by Crippen LogP contribution is 2.34. The van der Waals surface area contributed by atoms with E-state index in [1.807, 2.05) is 0 Å². The predicted octanol–water partition coefficient (Wildman–Crippen LogP) is 2.99. The molecule has 0 aliphatic heterocycles. The van der Waals surface area contributed by atoms with Crippen molar-refractivity contribution in [2.45, 2.75) is 30.6 Å². The third-order valence-corrected chi connectivity index (χ3v) is 3.66. The number of hydrogen-bond acceptors (Lipinski definition) is 3. The van der Waals surface area contributed by atoms with Crippen molar-refractivity contribution in [3.63, 3.8) is 0 Å². The number of aryl methyl sites for hydroxylation is 1. The molecule has 19 heavy (non-hydrogen) atoms. The summed E-state index contributed by atoms with van der Waals surface area (Å²) in [5.41, 5.74) is -2.96. The molecule has 108 valence electrons. The zero-order chi connectivity index (χ0) is 14.9. The first-order valence-corrected chi connectivity index (χ1v) is 6.58. The Morgan fingerprint density at radius 3 is 2.00 bits per heavy atom. The molecule has 0 saturated heterocycles. The molecule has 0 aliphatic rings. The normalized spacial score (nSPS) is 16.1. The summed E-state index contributed by atoms with van der Waals surface area (Å²) >= 11 is 0. The molecule has 1 atom stereocenters. The molecule has 1 rings (SSSR count). The second-order valence-electron chi connectivity index (χ2n) is 4.22. The van der Waals surface area contributed by atoms with Crippen molar-refractivity contribution in [3.8, 4) is 0 Å². The first kappa shape index (κ1) is 15.9. The summed E-state index contributed by atoms with van der Waals surface area (Å²) in [6, 6.07) is 5.25. The van der Waals surface area contributed by atoms with E-state index in [2.05, 4.69) is 4.18 Å². The average molecular weight is 300 g/mol. The van der Waals surface area contributed by atoms with E-state index in [0.717, 1.165) is 5.56 Å². The molecular weight excluding hydrogens is 288 g/mol. The van der Waals surface area contributed by atoms with Gasteiger partial charge in [0.25, 0.3) is 10.1 Å². The van der Waals surface area contributed by atoms with Crippen molar-refractivity contribution in [1.29, 1.82) is 0 Å². The molecule has 0 heterocycles. The molecule has 1 aromatic rings. The summed E-state index contributed by atoms with van der Waals surface area (Å²) in [5, 5.41) is 0. The van der Waals surface area contributed by atoms with Gasteiger partial charge in [0, 0.05) is 0 Å². The lowest BCUT2D eigenvalue weighted by Gasteiger charge is -2.22. The lowest BCUT2D eigenvalue weighted by Crippen LogP contribution is -2.42. The Morgan fingerprint density at radius 1 is 1.11 bits per heavy atom. The van der Waals surface area contributed by atoms with E-state index in [4.69, 9.17) is 0 Å². The van der Waals surface area contributed by atoms with Crippen LogP contribution < -0.4 is 0 Å². The number of hydrogen-bond donors (Lipinski definition) is 0. The fraction of sp³-hybridized carbons (Fsp3) is 0.455. The van der Waals surface area contributed by atoms with E-state index in [9.17, 15) is 26.0 Å². The quantitative estimate of drug-likeness (QED) is 0.634. The van der Waals surface area contributed by atoms with Crippen LogP contribution in [0.5, 0.6) is 0 Å². The zero-order valence-electron chi connectivity index (χ0n) is 10.2. The van der Waals surface area contributed by atoms with Crippen LogP contribution in [0.1, 0.15) is 12.5 Å². The SMILES string of the molecule is Cc1ccc(S(=O)(=O)OCC(C)(F)C(F)(F)F)cc1. The number of alkyl halides is 4. The maximum absolute atomic E-state index is 13.2. The van der Waals surface area contributed by atoms with Gasteiger partial charge in [0.2, 0.25) is 5.67 Å². The number of benzene rings is 1. The first-order valence-electron chi connectivity index (χ1n) is 5.17.